The van der Waals surface area contributed by atoms with Gasteiger partial charge in [-0.25, -0.2) is 0 Å². The Labute approximate surface area is 69.8 Å². The maximum atomic E-state index is 4.61. The molecule has 2 heteroatoms. The summed E-state index contributed by atoms with van der Waals surface area (Å²) < 4.78 is 0. The molecule has 0 saturated carbocycles. The van der Waals surface area contributed by atoms with Crippen LogP contribution in [0.4, 0.5) is 0 Å². The predicted molar refractivity (Wildman–Crippen MR) is 49.7 cm³/mol. The Hall–Kier alpha value is 1.02. The van der Waals surface area contributed by atoms with E-state index in [1.54, 1.807) is 21.5 Å². The first-order valence-corrected chi connectivity index (χ1v) is 5.79. The summed E-state index contributed by atoms with van der Waals surface area (Å²) in [7, 11) is 4.61. The second-order valence-electron chi connectivity index (χ2n) is 1.71. The van der Waals surface area contributed by atoms with Crippen molar-refractivity contribution in [2.24, 2.45) is 0 Å². The van der Waals surface area contributed by atoms with Gasteiger partial charge in [0.25, 0.3) is 0 Å². The molecule has 0 saturated heterocycles. The van der Waals surface area contributed by atoms with E-state index in [1.165, 1.54) is 25.7 Å². The summed E-state index contributed by atoms with van der Waals surface area (Å²) in [4.78, 5) is 0. The third kappa shape index (κ3) is 15.7. The van der Waals surface area contributed by atoms with Gasteiger partial charge in [0.05, 0.1) is 0 Å². The third-order valence-corrected chi connectivity index (χ3v) is 0.957. The predicted octanol–water partition coefficient (Wildman–Crippen LogP) is 4.16. The van der Waals surface area contributed by atoms with Gasteiger partial charge in [0, 0.05) is 21.5 Å². The molecule has 0 heterocycles. The highest BCUT2D eigenvalue weighted by Crippen LogP contribution is 1.95. The maximum Gasteiger partial charge on any atom is 0.0425 e. The van der Waals surface area contributed by atoms with E-state index in [2.05, 4.69) is 22.8 Å². The molecule has 0 rings (SSSR count). The molecule has 0 bridgehead atoms. The molecule has 0 fully saturated rings. The molecule has 52 valence electrons. The van der Waals surface area contributed by atoms with Crippen molar-refractivity contribution in [2.45, 2.75) is 39.5 Å². The summed E-state index contributed by atoms with van der Waals surface area (Å²) in [6, 6.07) is 0. The van der Waals surface area contributed by atoms with Crippen LogP contribution in [0.5, 0.6) is 0 Å². The quantitative estimate of drug-likeness (QED) is 0.520. The molecular weight excluding hydrogens is 234 g/mol. The average molecular weight is 249 g/mol. The summed E-state index contributed by atoms with van der Waals surface area (Å²) >= 11 is 1.62. The summed E-state index contributed by atoms with van der Waals surface area (Å²) in [6.07, 6.45) is 5.54. The minimum Gasteiger partial charge on any atom is -0.0654 e. The molecule has 0 aromatic heterocycles. The Bertz CT molecular complexity index is 20.5. The lowest BCUT2D eigenvalue weighted by Gasteiger charge is -1.86. The number of hydrogen-bond donors (Lipinski definition) is 0. The van der Waals surface area contributed by atoms with Crippen molar-refractivity contribution in [2.75, 3.05) is 0 Å². The first-order chi connectivity index (χ1) is 3.91. The molecule has 8 heavy (non-hydrogen) atoms. The van der Waals surface area contributed by atoms with Crippen molar-refractivity contribution in [1.29, 1.82) is 0 Å². The molecule has 0 aromatic carbocycles. The molecule has 0 atom stereocenters. The van der Waals surface area contributed by atoms with Crippen LogP contribution >= 0.6 is 30.4 Å². The van der Waals surface area contributed by atoms with E-state index in [0.29, 0.717) is 0 Å². The average Bonchev–Trinajstić information content (AvgIpc) is 1.88. The van der Waals surface area contributed by atoms with Crippen LogP contribution in [0.3, 0.4) is 0 Å². The van der Waals surface area contributed by atoms with E-state index in [9.17, 15) is 0 Å². The smallest absolute Gasteiger partial charge is 0.0425 e. The number of rotatable bonds is 3. The van der Waals surface area contributed by atoms with E-state index < -0.39 is 0 Å². The fourth-order valence-electron chi connectivity index (χ4n) is 0.500. The van der Waals surface area contributed by atoms with Crippen LogP contribution in [0.1, 0.15) is 39.5 Å². The zero-order chi connectivity index (χ0) is 6.83. The van der Waals surface area contributed by atoms with Gasteiger partial charge in [0.15, 0.2) is 0 Å². The first kappa shape index (κ1) is 11.8. The highest BCUT2D eigenvalue weighted by atomic mass is 127. The maximum absolute atomic E-state index is 4.61. The Kier molecular flexibility index (Phi) is 23.1. The second-order valence-corrected chi connectivity index (χ2v) is 1.71. The fourth-order valence-corrected chi connectivity index (χ4v) is 0.500. The lowest BCUT2D eigenvalue weighted by molar-refractivity contribution is 0.702. The number of halogens is 2. The van der Waals surface area contributed by atoms with E-state index >= 15 is 0 Å². The van der Waals surface area contributed by atoms with Crippen molar-refractivity contribution >= 4 is 30.4 Å². The van der Waals surface area contributed by atoms with Crippen molar-refractivity contribution < 1.29 is 0 Å². The molecule has 0 amide bonds. The molecule has 0 aromatic rings. The van der Waals surface area contributed by atoms with Crippen LogP contribution in [0.2, 0.25) is 0 Å². The van der Waals surface area contributed by atoms with Crippen LogP contribution in [-0.2, 0) is 0 Å². The molecule has 0 aliphatic rings. The molecule has 0 spiro atoms. The molecular formula is C6H14ClI. The van der Waals surface area contributed by atoms with Gasteiger partial charge >= 0.3 is 0 Å². The van der Waals surface area contributed by atoms with Crippen molar-refractivity contribution in [3.63, 3.8) is 0 Å². The van der Waals surface area contributed by atoms with Gasteiger partial charge in [-0.3, -0.25) is 0 Å². The highest BCUT2D eigenvalue weighted by Gasteiger charge is 1.75. The summed E-state index contributed by atoms with van der Waals surface area (Å²) in [5, 5.41) is 0. The van der Waals surface area contributed by atoms with Crippen molar-refractivity contribution in [3.8, 4) is 0 Å². The Morgan fingerprint density at radius 1 is 1.00 bits per heavy atom. The molecule has 0 radical (unpaired) electrons. The minimum atomic E-state index is 1.36. The zero-order valence-corrected chi connectivity index (χ0v) is 8.50. The summed E-state index contributed by atoms with van der Waals surface area (Å²) in [5.41, 5.74) is 0. The number of unbranched alkanes of at least 4 members (excludes halogenated alkanes) is 3. The largest absolute Gasteiger partial charge is 0.0654 e. The van der Waals surface area contributed by atoms with E-state index in [0.717, 1.165) is 0 Å². The molecule has 0 aliphatic heterocycles. The van der Waals surface area contributed by atoms with Gasteiger partial charge in [0.1, 0.15) is 0 Å². The molecule has 0 N–H and O–H groups in total. The number of hydrogen-bond acceptors (Lipinski definition) is 0. The van der Waals surface area contributed by atoms with E-state index in [4.69, 9.17) is 0 Å². The molecule has 0 aliphatic carbocycles. The summed E-state index contributed by atoms with van der Waals surface area (Å²) in [6.45, 7) is 4.46. The summed E-state index contributed by atoms with van der Waals surface area (Å²) in [5.74, 6) is 0. The third-order valence-electron chi connectivity index (χ3n) is 0.957. The Balaban J connectivity index is 0. The van der Waals surface area contributed by atoms with Gasteiger partial charge < -0.3 is 0 Å². The van der Waals surface area contributed by atoms with Crippen LogP contribution in [0.15, 0.2) is 0 Å². The van der Waals surface area contributed by atoms with Gasteiger partial charge in [-0.15, -0.1) is 0 Å². The van der Waals surface area contributed by atoms with E-state index in [-0.39, 0.29) is 0 Å². The van der Waals surface area contributed by atoms with Gasteiger partial charge in [0.2, 0.25) is 0 Å². The monoisotopic (exact) mass is 248 g/mol. The highest BCUT2D eigenvalue weighted by molar-refractivity contribution is 14.1. The topological polar surface area (TPSA) is 0 Å². The molecule has 0 unspecified atom stereocenters. The van der Waals surface area contributed by atoms with Crippen LogP contribution in [0.25, 0.3) is 0 Å². The second kappa shape index (κ2) is 15.7. The van der Waals surface area contributed by atoms with E-state index in [1.807, 2.05) is 0 Å². The van der Waals surface area contributed by atoms with Crippen LogP contribution in [-0.4, -0.2) is 0 Å². The zero-order valence-electron chi connectivity index (χ0n) is 5.58. The first-order valence-electron chi connectivity index (χ1n) is 3.06. The Morgan fingerprint density at radius 2 is 1.25 bits per heavy atom. The van der Waals surface area contributed by atoms with Crippen molar-refractivity contribution in [3.05, 3.63) is 0 Å². The van der Waals surface area contributed by atoms with Gasteiger partial charge in [-0.2, -0.15) is 0 Å². The van der Waals surface area contributed by atoms with Crippen LogP contribution < -0.4 is 0 Å². The van der Waals surface area contributed by atoms with Crippen LogP contribution in [0, 0.1) is 0 Å². The normalized spacial score (nSPS) is 7.50. The van der Waals surface area contributed by atoms with Crippen molar-refractivity contribution in [1.82, 2.24) is 0 Å². The minimum absolute atomic E-state index is 1.36. The van der Waals surface area contributed by atoms with Gasteiger partial charge in [-0.1, -0.05) is 39.5 Å². The SMILES string of the molecule is CCCCCC.ClI. The Morgan fingerprint density at radius 3 is 1.38 bits per heavy atom. The standard InChI is InChI=1S/C6H14.ClI/c1-3-5-6-4-2;1-2/h3-6H2,1-2H3;. The lowest BCUT2D eigenvalue weighted by Crippen LogP contribution is -1.66. The fraction of sp³-hybridized carbons (Fsp3) is 1.00. The molecule has 0 nitrogen and oxygen atoms in total. The lowest BCUT2D eigenvalue weighted by atomic mass is 10.2. The van der Waals surface area contributed by atoms with Gasteiger partial charge in [-0.05, 0) is 8.91 Å².